The second-order valence-corrected chi connectivity index (χ2v) is 5.58. The molecule has 2 aromatic carbocycles. The van der Waals surface area contributed by atoms with Gasteiger partial charge in [0.2, 0.25) is 11.9 Å². The monoisotopic (exact) mass is 338 g/mol. The highest BCUT2D eigenvalue weighted by Crippen LogP contribution is 2.21. The van der Waals surface area contributed by atoms with Crippen LogP contribution in [0.25, 0.3) is 11.0 Å². The van der Waals surface area contributed by atoms with Crippen molar-refractivity contribution in [3.05, 3.63) is 71.8 Å². The van der Waals surface area contributed by atoms with Crippen LogP contribution < -0.4 is 0 Å². The molecule has 0 aliphatic rings. The molecule has 0 saturated carbocycles. The number of aromatic nitrogens is 6. The zero-order chi connectivity index (χ0) is 16.5. The molecule has 1 atom stereocenters. The Labute approximate surface area is 141 Å². The SMILES string of the molecule is O=C(c1ccc(Cl)cc1)C(n1cncn1)n1nnc2ccccc21. The van der Waals surface area contributed by atoms with Crippen molar-refractivity contribution in [1.29, 1.82) is 0 Å². The zero-order valence-electron chi connectivity index (χ0n) is 12.3. The molecule has 118 valence electrons. The van der Waals surface area contributed by atoms with E-state index >= 15 is 0 Å². The number of carbonyl (C=O) groups is 1. The average molecular weight is 339 g/mol. The van der Waals surface area contributed by atoms with Crippen molar-refractivity contribution in [2.24, 2.45) is 0 Å². The van der Waals surface area contributed by atoms with Gasteiger partial charge < -0.3 is 0 Å². The number of carbonyl (C=O) groups excluding carboxylic acids is 1. The molecule has 8 heteroatoms. The summed E-state index contributed by atoms with van der Waals surface area (Å²) in [5, 5.41) is 12.9. The zero-order valence-corrected chi connectivity index (χ0v) is 13.1. The van der Waals surface area contributed by atoms with Gasteiger partial charge in [0, 0.05) is 10.6 Å². The van der Waals surface area contributed by atoms with Crippen LogP contribution in [0.5, 0.6) is 0 Å². The maximum atomic E-state index is 13.1. The summed E-state index contributed by atoms with van der Waals surface area (Å²) in [6, 6.07) is 14.1. The van der Waals surface area contributed by atoms with Gasteiger partial charge in [0.15, 0.2) is 0 Å². The van der Waals surface area contributed by atoms with E-state index in [1.807, 2.05) is 24.3 Å². The van der Waals surface area contributed by atoms with E-state index in [4.69, 9.17) is 11.6 Å². The molecule has 2 aromatic heterocycles. The van der Waals surface area contributed by atoms with Gasteiger partial charge in [-0.3, -0.25) is 4.79 Å². The Morgan fingerprint density at radius 3 is 2.62 bits per heavy atom. The van der Waals surface area contributed by atoms with Gasteiger partial charge in [-0.25, -0.2) is 14.3 Å². The lowest BCUT2D eigenvalue weighted by molar-refractivity contribution is 0.0888. The Hall–Kier alpha value is -3.06. The van der Waals surface area contributed by atoms with Crippen molar-refractivity contribution in [3.63, 3.8) is 0 Å². The summed E-state index contributed by atoms with van der Waals surface area (Å²) >= 11 is 5.91. The van der Waals surface area contributed by atoms with E-state index in [1.54, 1.807) is 28.9 Å². The van der Waals surface area contributed by atoms with Crippen LogP contribution in [0.2, 0.25) is 5.02 Å². The van der Waals surface area contributed by atoms with Gasteiger partial charge in [-0.1, -0.05) is 28.9 Å². The highest BCUT2D eigenvalue weighted by molar-refractivity contribution is 6.30. The Kier molecular flexibility index (Phi) is 3.55. The van der Waals surface area contributed by atoms with Gasteiger partial charge in [-0.2, -0.15) is 5.10 Å². The smallest absolute Gasteiger partial charge is 0.210 e. The third-order valence-electron chi connectivity index (χ3n) is 3.66. The molecule has 0 bridgehead atoms. The van der Waals surface area contributed by atoms with Crippen molar-refractivity contribution in [2.45, 2.75) is 6.17 Å². The number of halogens is 1. The van der Waals surface area contributed by atoms with Crippen molar-refractivity contribution < 1.29 is 4.79 Å². The highest BCUT2D eigenvalue weighted by Gasteiger charge is 2.27. The topological polar surface area (TPSA) is 78.5 Å². The maximum absolute atomic E-state index is 13.1. The normalized spacial score (nSPS) is 12.4. The van der Waals surface area contributed by atoms with Crippen molar-refractivity contribution in [3.8, 4) is 0 Å². The van der Waals surface area contributed by atoms with E-state index in [0.717, 1.165) is 5.52 Å². The van der Waals surface area contributed by atoms with Crippen LogP contribution in [0.4, 0.5) is 0 Å². The second-order valence-electron chi connectivity index (χ2n) is 5.14. The summed E-state index contributed by atoms with van der Waals surface area (Å²) in [6.45, 7) is 0. The summed E-state index contributed by atoms with van der Waals surface area (Å²) in [7, 11) is 0. The highest BCUT2D eigenvalue weighted by atomic mass is 35.5. The number of rotatable bonds is 4. The predicted octanol–water partition coefficient (Wildman–Crippen LogP) is 2.61. The fourth-order valence-corrected chi connectivity index (χ4v) is 2.64. The number of Topliss-reactive ketones (excluding diaryl/α,β-unsaturated/α-hetero) is 1. The van der Waals surface area contributed by atoms with E-state index in [2.05, 4.69) is 20.4 Å². The fraction of sp³-hybridized carbons (Fsp3) is 0.0625. The number of hydrogen-bond acceptors (Lipinski definition) is 5. The first kappa shape index (κ1) is 14.5. The third kappa shape index (κ3) is 2.44. The first-order chi connectivity index (χ1) is 11.7. The Balaban J connectivity index is 1.86. The molecule has 4 aromatic rings. The summed E-state index contributed by atoms with van der Waals surface area (Å²) in [5.74, 6) is -0.187. The average Bonchev–Trinajstić information content (AvgIpc) is 3.27. The van der Waals surface area contributed by atoms with Crippen molar-refractivity contribution in [2.75, 3.05) is 0 Å². The van der Waals surface area contributed by atoms with Gasteiger partial charge in [0.05, 0.1) is 5.52 Å². The van der Waals surface area contributed by atoms with Crippen LogP contribution in [0.15, 0.2) is 61.2 Å². The summed E-state index contributed by atoms with van der Waals surface area (Å²) in [6.07, 6.45) is 2.04. The molecule has 24 heavy (non-hydrogen) atoms. The number of para-hydroxylation sites is 1. The fourth-order valence-electron chi connectivity index (χ4n) is 2.52. The summed E-state index contributed by atoms with van der Waals surface area (Å²) in [4.78, 5) is 17.0. The molecular weight excluding hydrogens is 328 g/mol. The Morgan fingerprint density at radius 1 is 1.08 bits per heavy atom. The molecule has 0 saturated heterocycles. The maximum Gasteiger partial charge on any atom is 0.210 e. The van der Waals surface area contributed by atoms with Crippen molar-refractivity contribution in [1.82, 2.24) is 29.8 Å². The lowest BCUT2D eigenvalue weighted by Crippen LogP contribution is -2.28. The molecule has 0 fully saturated rings. The molecule has 0 radical (unpaired) electrons. The van der Waals surface area contributed by atoms with Gasteiger partial charge in [-0.15, -0.1) is 5.10 Å². The molecule has 0 aliphatic heterocycles. The third-order valence-corrected chi connectivity index (χ3v) is 3.91. The Morgan fingerprint density at radius 2 is 1.88 bits per heavy atom. The number of hydrogen-bond donors (Lipinski definition) is 0. The minimum absolute atomic E-state index is 0.187. The van der Waals surface area contributed by atoms with Gasteiger partial charge in [0.1, 0.15) is 18.2 Å². The van der Waals surface area contributed by atoms with E-state index in [9.17, 15) is 4.79 Å². The first-order valence-electron chi connectivity index (χ1n) is 7.18. The number of ketones is 1. The van der Waals surface area contributed by atoms with Gasteiger partial charge in [-0.05, 0) is 36.4 Å². The minimum Gasteiger partial charge on any atom is -0.290 e. The molecule has 0 amide bonds. The van der Waals surface area contributed by atoms with Crippen LogP contribution in [-0.4, -0.2) is 35.5 Å². The summed E-state index contributed by atoms with van der Waals surface area (Å²) in [5.41, 5.74) is 1.94. The number of fused-ring (bicyclic) bond motifs is 1. The van der Waals surface area contributed by atoms with Crippen LogP contribution in [0, 0.1) is 0 Å². The van der Waals surface area contributed by atoms with Crippen LogP contribution >= 0.6 is 11.6 Å². The number of nitrogens with zero attached hydrogens (tertiary/aromatic N) is 6. The predicted molar refractivity (Wildman–Crippen MR) is 87.8 cm³/mol. The lowest BCUT2D eigenvalue weighted by atomic mass is 10.1. The molecule has 2 heterocycles. The second kappa shape index (κ2) is 5.86. The van der Waals surface area contributed by atoms with E-state index in [-0.39, 0.29) is 5.78 Å². The van der Waals surface area contributed by atoms with Gasteiger partial charge in [0.25, 0.3) is 0 Å². The standard InChI is InChI=1S/C16H11ClN6O/c17-12-7-5-11(6-8-12)15(24)16(22-10-18-9-19-22)23-14-4-2-1-3-13(14)20-21-23/h1-10,16H. The molecule has 0 aliphatic carbocycles. The van der Waals surface area contributed by atoms with Crippen LogP contribution in [-0.2, 0) is 0 Å². The molecule has 1 unspecified atom stereocenters. The number of benzene rings is 2. The van der Waals surface area contributed by atoms with E-state index < -0.39 is 6.17 Å². The van der Waals surface area contributed by atoms with Crippen LogP contribution in [0.3, 0.4) is 0 Å². The molecule has 0 spiro atoms. The first-order valence-corrected chi connectivity index (χ1v) is 7.55. The molecule has 4 rings (SSSR count). The lowest BCUT2D eigenvalue weighted by Gasteiger charge is -2.16. The molecular formula is C16H11ClN6O. The molecule has 0 N–H and O–H groups in total. The molecule has 7 nitrogen and oxygen atoms in total. The van der Waals surface area contributed by atoms with E-state index in [0.29, 0.717) is 16.1 Å². The van der Waals surface area contributed by atoms with E-state index in [1.165, 1.54) is 17.3 Å². The quantitative estimate of drug-likeness (QED) is 0.534. The van der Waals surface area contributed by atoms with Crippen LogP contribution in [0.1, 0.15) is 16.5 Å². The minimum atomic E-state index is -0.818. The van der Waals surface area contributed by atoms with Gasteiger partial charge >= 0.3 is 0 Å². The summed E-state index contributed by atoms with van der Waals surface area (Å²) < 4.78 is 3.00. The largest absolute Gasteiger partial charge is 0.290 e. The van der Waals surface area contributed by atoms with Crippen molar-refractivity contribution >= 4 is 28.4 Å². The Bertz CT molecular complexity index is 993.